The van der Waals surface area contributed by atoms with Crippen molar-refractivity contribution >= 4 is 6.09 Å². The van der Waals surface area contributed by atoms with Crippen LogP contribution in [0.2, 0.25) is 0 Å². The van der Waals surface area contributed by atoms with Gasteiger partial charge in [-0.05, 0) is 32.8 Å². The van der Waals surface area contributed by atoms with Crippen molar-refractivity contribution in [3.05, 3.63) is 35.9 Å². The third-order valence-electron chi connectivity index (χ3n) is 3.33. The van der Waals surface area contributed by atoms with Gasteiger partial charge in [-0.2, -0.15) is 5.26 Å². The summed E-state index contributed by atoms with van der Waals surface area (Å²) in [5.74, 6) is -0.176. The van der Waals surface area contributed by atoms with Crippen molar-refractivity contribution in [2.24, 2.45) is 5.92 Å². The van der Waals surface area contributed by atoms with Crippen molar-refractivity contribution in [1.82, 2.24) is 4.90 Å². The summed E-state index contributed by atoms with van der Waals surface area (Å²) >= 11 is 0. The van der Waals surface area contributed by atoms with E-state index in [4.69, 9.17) is 4.74 Å². The van der Waals surface area contributed by atoms with Gasteiger partial charge in [-0.3, -0.25) is 4.90 Å². The van der Waals surface area contributed by atoms with Crippen LogP contribution in [0.15, 0.2) is 30.3 Å². The first kappa shape index (κ1) is 14.4. The molecule has 1 aromatic rings. The fourth-order valence-electron chi connectivity index (χ4n) is 2.52. The highest BCUT2D eigenvalue weighted by molar-refractivity contribution is 5.69. The van der Waals surface area contributed by atoms with Crippen LogP contribution < -0.4 is 0 Å². The summed E-state index contributed by atoms with van der Waals surface area (Å²) in [6.45, 7) is 6.10. The second kappa shape index (κ2) is 5.54. The van der Waals surface area contributed by atoms with Gasteiger partial charge in [-0.15, -0.1) is 0 Å². The van der Waals surface area contributed by atoms with Crippen molar-refractivity contribution in [1.29, 1.82) is 5.26 Å². The van der Waals surface area contributed by atoms with Crippen molar-refractivity contribution in [2.75, 3.05) is 6.54 Å². The fourth-order valence-corrected chi connectivity index (χ4v) is 2.52. The van der Waals surface area contributed by atoms with Gasteiger partial charge in [0, 0.05) is 6.54 Å². The van der Waals surface area contributed by atoms with Crippen LogP contribution in [-0.2, 0) is 4.74 Å². The number of nitrogens with zero attached hydrogens (tertiary/aromatic N) is 2. The highest BCUT2D eigenvalue weighted by Gasteiger charge is 2.40. The zero-order valence-corrected chi connectivity index (χ0v) is 12.2. The minimum atomic E-state index is -0.525. The van der Waals surface area contributed by atoms with Crippen LogP contribution >= 0.6 is 0 Å². The van der Waals surface area contributed by atoms with Crippen molar-refractivity contribution in [3.63, 3.8) is 0 Å². The third kappa shape index (κ3) is 3.11. The Morgan fingerprint density at radius 1 is 1.35 bits per heavy atom. The highest BCUT2D eigenvalue weighted by atomic mass is 16.6. The van der Waals surface area contributed by atoms with Gasteiger partial charge in [0.25, 0.3) is 0 Å². The van der Waals surface area contributed by atoms with Crippen LogP contribution in [0.1, 0.15) is 38.8 Å². The summed E-state index contributed by atoms with van der Waals surface area (Å²) in [7, 11) is 0. The molecule has 20 heavy (non-hydrogen) atoms. The molecule has 2 atom stereocenters. The van der Waals surface area contributed by atoms with E-state index in [1.165, 1.54) is 0 Å². The second-order valence-electron chi connectivity index (χ2n) is 6.05. The summed E-state index contributed by atoms with van der Waals surface area (Å²) in [5, 5.41) is 9.30. The molecule has 0 aliphatic carbocycles. The lowest BCUT2D eigenvalue weighted by Gasteiger charge is -2.29. The first-order valence-corrected chi connectivity index (χ1v) is 6.86. The second-order valence-corrected chi connectivity index (χ2v) is 6.05. The summed E-state index contributed by atoms with van der Waals surface area (Å²) < 4.78 is 5.44. The first-order valence-electron chi connectivity index (χ1n) is 6.86. The van der Waals surface area contributed by atoms with E-state index in [0.29, 0.717) is 13.0 Å². The van der Waals surface area contributed by atoms with Gasteiger partial charge in [0.05, 0.1) is 18.0 Å². The lowest BCUT2D eigenvalue weighted by molar-refractivity contribution is 0.0214. The molecule has 1 aliphatic heterocycles. The molecule has 1 unspecified atom stereocenters. The molecule has 0 N–H and O–H groups in total. The number of likely N-dealkylation sites (tertiary alicyclic amines) is 1. The predicted octanol–water partition coefficient (Wildman–Crippen LogP) is 3.51. The molecule has 1 saturated heterocycles. The normalized spacial score (nSPS) is 22.4. The number of carbonyl (C=O) groups excluding carboxylic acids is 1. The number of benzene rings is 1. The van der Waals surface area contributed by atoms with E-state index >= 15 is 0 Å². The van der Waals surface area contributed by atoms with Gasteiger partial charge in [0.15, 0.2) is 0 Å². The number of nitriles is 1. The van der Waals surface area contributed by atoms with Gasteiger partial charge in [0.2, 0.25) is 0 Å². The van der Waals surface area contributed by atoms with Crippen LogP contribution in [0.4, 0.5) is 4.79 Å². The molecule has 1 amide bonds. The fraction of sp³-hybridized carbons (Fsp3) is 0.500. The maximum Gasteiger partial charge on any atom is 0.410 e. The minimum Gasteiger partial charge on any atom is -0.444 e. The number of ether oxygens (including phenoxy) is 1. The Kier molecular flexibility index (Phi) is 3.99. The Hall–Kier alpha value is -2.02. The molecule has 1 aliphatic rings. The molecular formula is C16H20N2O2. The zero-order chi connectivity index (χ0) is 14.8. The summed E-state index contributed by atoms with van der Waals surface area (Å²) in [6.07, 6.45) is 0.346. The van der Waals surface area contributed by atoms with Gasteiger partial charge in [-0.25, -0.2) is 4.79 Å². The Morgan fingerprint density at radius 3 is 2.55 bits per heavy atom. The van der Waals surface area contributed by atoms with Crippen LogP contribution in [0.5, 0.6) is 0 Å². The Balaban J connectivity index is 2.25. The zero-order valence-electron chi connectivity index (χ0n) is 12.2. The Bertz CT molecular complexity index is 514. The monoisotopic (exact) mass is 272 g/mol. The molecule has 1 heterocycles. The molecule has 0 aromatic heterocycles. The maximum atomic E-state index is 12.3. The van der Waals surface area contributed by atoms with Crippen LogP contribution in [-0.4, -0.2) is 23.1 Å². The Labute approximate surface area is 120 Å². The molecule has 4 nitrogen and oxygen atoms in total. The average molecular weight is 272 g/mol. The smallest absolute Gasteiger partial charge is 0.410 e. The number of hydrogen-bond donors (Lipinski definition) is 0. The van der Waals surface area contributed by atoms with Gasteiger partial charge in [-0.1, -0.05) is 30.3 Å². The highest BCUT2D eigenvalue weighted by Crippen LogP contribution is 2.37. The molecule has 4 heteroatoms. The van der Waals surface area contributed by atoms with Crippen LogP contribution in [0.25, 0.3) is 0 Å². The molecule has 2 rings (SSSR count). The Morgan fingerprint density at radius 2 is 2.00 bits per heavy atom. The summed E-state index contributed by atoms with van der Waals surface area (Å²) in [4.78, 5) is 14.0. The third-order valence-corrected chi connectivity index (χ3v) is 3.33. The van der Waals surface area contributed by atoms with Crippen molar-refractivity contribution in [2.45, 2.75) is 38.8 Å². The molecule has 1 fully saturated rings. The quantitative estimate of drug-likeness (QED) is 0.786. The van der Waals surface area contributed by atoms with E-state index in [-0.39, 0.29) is 18.1 Å². The SMILES string of the molecule is CC(C)(C)OC(=O)N1CC[C@H](C#N)C1c1ccccc1. The van der Waals surface area contributed by atoms with Crippen molar-refractivity contribution in [3.8, 4) is 6.07 Å². The largest absolute Gasteiger partial charge is 0.444 e. The summed E-state index contributed by atoms with van der Waals surface area (Å²) in [5.41, 5.74) is 0.464. The molecule has 0 saturated carbocycles. The molecule has 0 bridgehead atoms. The number of amides is 1. The first-order chi connectivity index (χ1) is 9.42. The van der Waals surface area contributed by atoms with Crippen molar-refractivity contribution < 1.29 is 9.53 Å². The minimum absolute atomic E-state index is 0.176. The molecular weight excluding hydrogens is 252 g/mol. The predicted molar refractivity (Wildman–Crippen MR) is 75.8 cm³/mol. The van der Waals surface area contributed by atoms with Crippen LogP contribution in [0, 0.1) is 17.2 Å². The number of carbonyl (C=O) groups is 1. The molecule has 106 valence electrons. The van der Waals surface area contributed by atoms with E-state index < -0.39 is 5.60 Å². The van der Waals surface area contributed by atoms with E-state index in [1.54, 1.807) is 4.90 Å². The van der Waals surface area contributed by atoms with E-state index in [9.17, 15) is 10.1 Å². The molecule has 1 aromatic carbocycles. The van der Waals surface area contributed by atoms with Crippen LogP contribution in [0.3, 0.4) is 0 Å². The lowest BCUT2D eigenvalue weighted by Crippen LogP contribution is -2.37. The van der Waals surface area contributed by atoms with E-state index in [2.05, 4.69) is 6.07 Å². The number of rotatable bonds is 1. The maximum absolute atomic E-state index is 12.3. The average Bonchev–Trinajstić information content (AvgIpc) is 2.81. The number of hydrogen-bond acceptors (Lipinski definition) is 3. The molecule has 0 radical (unpaired) electrons. The van der Waals surface area contributed by atoms with Gasteiger partial charge in [0.1, 0.15) is 5.60 Å². The molecule has 0 spiro atoms. The lowest BCUT2D eigenvalue weighted by atomic mass is 9.95. The summed E-state index contributed by atoms with van der Waals surface area (Å²) in [6, 6.07) is 11.8. The van der Waals surface area contributed by atoms with Gasteiger partial charge < -0.3 is 4.74 Å². The van der Waals surface area contributed by atoms with E-state index in [1.807, 2.05) is 51.1 Å². The van der Waals surface area contributed by atoms with Gasteiger partial charge >= 0.3 is 6.09 Å². The van der Waals surface area contributed by atoms with E-state index in [0.717, 1.165) is 5.56 Å². The standard InChI is InChI=1S/C16H20N2O2/c1-16(2,3)20-15(19)18-10-9-13(11-17)14(18)12-7-5-4-6-8-12/h4-8,13-14H,9-10H2,1-3H3/t13-,14?/m1/s1. The topological polar surface area (TPSA) is 53.3 Å².